The fourth-order valence-corrected chi connectivity index (χ4v) is 2.90. The molecule has 0 aliphatic rings. The Kier molecular flexibility index (Phi) is 5.50. The molecule has 5 nitrogen and oxygen atoms in total. The molecule has 3 rings (SSSR count). The van der Waals surface area contributed by atoms with Gasteiger partial charge in [0.15, 0.2) is 0 Å². The molecule has 128 valence electrons. The molecule has 1 atom stereocenters. The summed E-state index contributed by atoms with van der Waals surface area (Å²) in [5.41, 5.74) is 1.32. The van der Waals surface area contributed by atoms with E-state index in [0.29, 0.717) is 11.3 Å². The van der Waals surface area contributed by atoms with E-state index < -0.39 is 5.25 Å². The maximum Gasteiger partial charge on any atom is 0.277 e. The lowest BCUT2D eigenvalue weighted by molar-refractivity contribution is -0.115. The SMILES string of the molecule is CC(Sc1nnc(-c2ccc(F)cc2)o1)C(=O)Nc1ccc(Br)cc1. The van der Waals surface area contributed by atoms with Crippen LogP contribution in [-0.4, -0.2) is 21.4 Å². The molecule has 0 fully saturated rings. The van der Waals surface area contributed by atoms with Gasteiger partial charge in [0.1, 0.15) is 5.82 Å². The van der Waals surface area contributed by atoms with Crippen molar-refractivity contribution in [3.63, 3.8) is 0 Å². The number of benzene rings is 2. The standard InChI is InChI=1S/C17H13BrFN3O2S/c1-10(15(23)20-14-8-4-12(18)5-9-14)25-17-22-21-16(24-17)11-2-6-13(19)7-3-11/h2-10H,1H3,(H,20,23). The van der Waals surface area contributed by atoms with Gasteiger partial charge in [-0.3, -0.25) is 4.79 Å². The Morgan fingerprint density at radius 1 is 1.16 bits per heavy atom. The van der Waals surface area contributed by atoms with Crippen molar-refractivity contribution in [2.24, 2.45) is 0 Å². The van der Waals surface area contributed by atoms with Crippen LogP contribution in [0, 0.1) is 5.82 Å². The molecule has 1 aromatic heterocycles. The third-order valence-corrected chi connectivity index (χ3v) is 4.72. The van der Waals surface area contributed by atoms with Crippen molar-refractivity contribution >= 4 is 39.3 Å². The third-order valence-electron chi connectivity index (χ3n) is 3.26. The highest BCUT2D eigenvalue weighted by Crippen LogP contribution is 2.27. The van der Waals surface area contributed by atoms with E-state index in [-0.39, 0.29) is 22.8 Å². The van der Waals surface area contributed by atoms with E-state index in [1.54, 1.807) is 31.2 Å². The second kappa shape index (κ2) is 7.79. The normalized spacial score (nSPS) is 12.0. The molecule has 1 amide bonds. The Hall–Kier alpha value is -2.19. The fraction of sp³-hybridized carbons (Fsp3) is 0.118. The summed E-state index contributed by atoms with van der Waals surface area (Å²) in [6, 6.07) is 13.1. The molecular formula is C17H13BrFN3O2S. The summed E-state index contributed by atoms with van der Waals surface area (Å²) in [6.07, 6.45) is 0. The minimum Gasteiger partial charge on any atom is -0.411 e. The van der Waals surface area contributed by atoms with Crippen molar-refractivity contribution in [3.8, 4) is 11.5 Å². The lowest BCUT2D eigenvalue weighted by Gasteiger charge is -2.09. The number of nitrogens with one attached hydrogen (secondary N) is 1. The predicted octanol–water partition coefficient (Wildman–Crippen LogP) is 4.76. The average Bonchev–Trinajstić information content (AvgIpc) is 3.06. The van der Waals surface area contributed by atoms with Gasteiger partial charge < -0.3 is 9.73 Å². The molecular weight excluding hydrogens is 409 g/mol. The number of carbonyl (C=O) groups excluding carboxylic acids is 1. The number of thioether (sulfide) groups is 1. The topological polar surface area (TPSA) is 68.0 Å². The minimum atomic E-state index is -0.426. The Bertz CT molecular complexity index is 868. The van der Waals surface area contributed by atoms with E-state index in [1.807, 2.05) is 12.1 Å². The van der Waals surface area contributed by atoms with Crippen LogP contribution in [0.25, 0.3) is 11.5 Å². The quantitative estimate of drug-likeness (QED) is 0.601. The summed E-state index contributed by atoms with van der Waals surface area (Å²) in [4.78, 5) is 12.2. The van der Waals surface area contributed by atoms with Crippen LogP contribution in [0.15, 0.2) is 62.6 Å². The van der Waals surface area contributed by atoms with Crippen molar-refractivity contribution < 1.29 is 13.6 Å². The first-order chi connectivity index (χ1) is 12.0. The molecule has 3 aromatic rings. The zero-order valence-electron chi connectivity index (χ0n) is 13.1. The molecule has 8 heteroatoms. The number of nitrogens with zero attached hydrogens (tertiary/aromatic N) is 2. The molecule has 0 aliphatic carbocycles. The first kappa shape index (κ1) is 17.6. The first-order valence-corrected chi connectivity index (χ1v) is 9.01. The molecule has 0 radical (unpaired) electrons. The lowest BCUT2D eigenvalue weighted by atomic mass is 10.2. The second-order valence-electron chi connectivity index (χ2n) is 5.14. The summed E-state index contributed by atoms with van der Waals surface area (Å²) in [7, 11) is 0. The molecule has 1 unspecified atom stereocenters. The van der Waals surface area contributed by atoms with Gasteiger partial charge in [0, 0.05) is 15.7 Å². The summed E-state index contributed by atoms with van der Waals surface area (Å²) in [5.74, 6) is -0.229. The second-order valence-corrected chi connectivity index (χ2v) is 7.34. The molecule has 25 heavy (non-hydrogen) atoms. The molecule has 0 bridgehead atoms. The Labute approximate surface area is 156 Å². The molecule has 0 aliphatic heterocycles. The van der Waals surface area contributed by atoms with Crippen LogP contribution in [0.2, 0.25) is 0 Å². The van der Waals surface area contributed by atoms with Gasteiger partial charge in [0.2, 0.25) is 11.8 Å². The largest absolute Gasteiger partial charge is 0.411 e. The number of amides is 1. The van der Waals surface area contributed by atoms with Crippen LogP contribution < -0.4 is 5.32 Å². The highest BCUT2D eigenvalue weighted by molar-refractivity contribution is 9.10. The highest BCUT2D eigenvalue weighted by Gasteiger charge is 2.19. The minimum absolute atomic E-state index is 0.172. The summed E-state index contributed by atoms with van der Waals surface area (Å²) in [5, 5.41) is 10.5. The lowest BCUT2D eigenvalue weighted by Crippen LogP contribution is -2.22. The van der Waals surface area contributed by atoms with Crippen molar-refractivity contribution in [3.05, 3.63) is 58.8 Å². The third kappa shape index (κ3) is 4.67. The molecule has 0 spiro atoms. The van der Waals surface area contributed by atoms with Gasteiger partial charge >= 0.3 is 0 Å². The average molecular weight is 422 g/mol. The summed E-state index contributed by atoms with van der Waals surface area (Å²) >= 11 is 4.50. The van der Waals surface area contributed by atoms with Gasteiger partial charge in [-0.05, 0) is 55.5 Å². The van der Waals surface area contributed by atoms with Gasteiger partial charge in [0.05, 0.1) is 5.25 Å². The summed E-state index contributed by atoms with van der Waals surface area (Å²) in [6.45, 7) is 1.75. The van der Waals surface area contributed by atoms with Crippen molar-refractivity contribution in [1.29, 1.82) is 0 Å². The molecule has 2 aromatic carbocycles. The van der Waals surface area contributed by atoms with E-state index in [9.17, 15) is 9.18 Å². The van der Waals surface area contributed by atoms with Crippen molar-refractivity contribution in [1.82, 2.24) is 10.2 Å². The summed E-state index contributed by atoms with van der Waals surface area (Å²) < 4.78 is 19.4. The number of hydrogen-bond acceptors (Lipinski definition) is 5. The van der Waals surface area contributed by atoms with Gasteiger partial charge in [-0.1, -0.05) is 27.7 Å². The van der Waals surface area contributed by atoms with Crippen LogP contribution in [0.5, 0.6) is 0 Å². The number of carbonyl (C=O) groups is 1. The van der Waals surface area contributed by atoms with Crippen LogP contribution in [0.1, 0.15) is 6.92 Å². The molecule has 0 saturated heterocycles. The van der Waals surface area contributed by atoms with Gasteiger partial charge in [-0.15, -0.1) is 10.2 Å². The molecule has 1 N–H and O–H groups in total. The zero-order chi connectivity index (χ0) is 17.8. The maximum atomic E-state index is 13.0. The van der Waals surface area contributed by atoms with Gasteiger partial charge in [-0.2, -0.15) is 0 Å². The van der Waals surface area contributed by atoms with Gasteiger partial charge in [-0.25, -0.2) is 4.39 Å². The maximum absolute atomic E-state index is 13.0. The van der Waals surface area contributed by atoms with E-state index in [0.717, 1.165) is 16.2 Å². The predicted molar refractivity (Wildman–Crippen MR) is 97.8 cm³/mol. The Morgan fingerprint density at radius 2 is 1.84 bits per heavy atom. The number of anilines is 1. The van der Waals surface area contributed by atoms with E-state index in [4.69, 9.17) is 4.42 Å². The van der Waals surface area contributed by atoms with Gasteiger partial charge in [0.25, 0.3) is 5.22 Å². The smallest absolute Gasteiger partial charge is 0.277 e. The van der Waals surface area contributed by atoms with Crippen molar-refractivity contribution in [2.75, 3.05) is 5.32 Å². The number of halogens is 2. The fourth-order valence-electron chi connectivity index (χ4n) is 1.95. The van der Waals surface area contributed by atoms with E-state index in [2.05, 4.69) is 31.4 Å². The van der Waals surface area contributed by atoms with Crippen LogP contribution in [0.4, 0.5) is 10.1 Å². The highest BCUT2D eigenvalue weighted by atomic mass is 79.9. The molecule has 1 heterocycles. The van der Waals surface area contributed by atoms with E-state index >= 15 is 0 Å². The first-order valence-electron chi connectivity index (χ1n) is 7.34. The number of aromatic nitrogens is 2. The van der Waals surface area contributed by atoms with E-state index in [1.165, 1.54) is 12.1 Å². The van der Waals surface area contributed by atoms with Crippen LogP contribution in [-0.2, 0) is 4.79 Å². The van der Waals surface area contributed by atoms with Crippen LogP contribution >= 0.6 is 27.7 Å². The Balaban J connectivity index is 1.62. The zero-order valence-corrected chi connectivity index (χ0v) is 15.5. The molecule has 0 saturated carbocycles. The monoisotopic (exact) mass is 421 g/mol. The number of hydrogen-bond donors (Lipinski definition) is 1. The van der Waals surface area contributed by atoms with Crippen LogP contribution in [0.3, 0.4) is 0 Å². The Morgan fingerprint density at radius 3 is 2.52 bits per heavy atom. The number of rotatable bonds is 5. The van der Waals surface area contributed by atoms with Crippen molar-refractivity contribution in [2.45, 2.75) is 17.4 Å².